The second-order valence-corrected chi connectivity index (χ2v) is 14.3. The van der Waals surface area contributed by atoms with Gasteiger partial charge in [0.15, 0.2) is 9.84 Å². The Balaban J connectivity index is 1.71. The summed E-state index contributed by atoms with van der Waals surface area (Å²) in [6, 6.07) is 25.4. The van der Waals surface area contributed by atoms with Crippen LogP contribution in [0.2, 0.25) is 5.02 Å². The van der Waals surface area contributed by atoms with Crippen LogP contribution in [0.15, 0.2) is 94.7 Å². The van der Waals surface area contributed by atoms with Crippen LogP contribution in [0.25, 0.3) is 11.1 Å². The molecule has 0 fully saturated rings. The van der Waals surface area contributed by atoms with E-state index in [9.17, 15) is 16.8 Å². The Hall–Kier alpha value is -2.97. The molecule has 4 rings (SSSR count). The summed E-state index contributed by atoms with van der Waals surface area (Å²) >= 11 is 6.43. The van der Waals surface area contributed by atoms with Crippen LogP contribution in [-0.4, -0.2) is 26.9 Å². The number of sulfone groups is 1. The summed E-state index contributed by atoms with van der Waals surface area (Å²) in [6.45, 7) is 7.48. The molecular weight excluding hydrogens is 550 g/mol. The lowest BCUT2D eigenvalue weighted by molar-refractivity contribution is 0.400. The monoisotopic (exact) mass is 581 g/mol. The number of hydrogen-bond donors (Lipinski definition) is 0. The highest BCUT2D eigenvalue weighted by molar-refractivity contribution is 7.91. The smallest absolute Gasteiger partial charge is 0.224 e. The van der Waals surface area contributed by atoms with E-state index in [0.29, 0.717) is 21.0 Å². The van der Waals surface area contributed by atoms with Crippen LogP contribution in [-0.2, 0) is 33.0 Å². The number of aryl methyl sites for hydroxylation is 3. The fraction of sp³-hybridized carbons (Fsp3) is 0.226. The first-order valence-corrected chi connectivity index (χ1v) is 16.1. The molecule has 0 radical (unpaired) electrons. The molecule has 0 bridgehead atoms. The minimum absolute atomic E-state index is 0.0328. The van der Waals surface area contributed by atoms with Gasteiger partial charge in [-0.25, -0.2) is 16.8 Å². The highest BCUT2D eigenvalue weighted by Crippen LogP contribution is 2.30. The van der Waals surface area contributed by atoms with Crippen LogP contribution < -0.4 is 0 Å². The molecule has 4 aromatic carbocycles. The number of nitrogens with zero attached hydrogens (tertiary/aromatic N) is 1. The van der Waals surface area contributed by atoms with E-state index in [1.54, 1.807) is 31.2 Å². The highest BCUT2D eigenvalue weighted by atomic mass is 35.5. The van der Waals surface area contributed by atoms with Gasteiger partial charge in [-0.2, -0.15) is 4.31 Å². The molecule has 0 saturated heterocycles. The van der Waals surface area contributed by atoms with Gasteiger partial charge in [-0.05, 0) is 72.4 Å². The van der Waals surface area contributed by atoms with E-state index < -0.39 is 19.9 Å². The highest BCUT2D eigenvalue weighted by Gasteiger charge is 2.29. The van der Waals surface area contributed by atoms with Crippen molar-refractivity contribution in [2.24, 2.45) is 0 Å². The average Bonchev–Trinajstić information content (AvgIpc) is 2.89. The molecule has 0 saturated carbocycles. The molecular formula is C31H32ClNO4S2. The Labute approximate surface area is 237 Å². The van der Waals surface area contributed by atoms with Crippen molar-refractivity contribution < 1.29 is 16.8 Å². The lowest BCUT2D eigenvalue weighted by atomic mass is 10.0. The van der Waals surface area contributed by atoms with Crippen molar-refractivity contribution in [1.29, 1.82) is 0 Å². The second-order valence-electron chi connectivity index (χ2n) is 9.72. The summed E-state index contributed by atoms with van der Waals surface area (Å²) in [7, 11) is -7.19. The summed E-state index contributed by atoms with van der Waals surface area (Å²) in [6.07, 6.45) is 0. The molecule has 0 aliphatic carbocycles. The molecule has 39 heavy (non-hydrogen) atoms. The van der Waals surface area contributed by atoms with Gasteiger partial charge in [0.05, 0.1) is 15.5 Å². The third kappa shape index (κ3) is 6.44. The Kier molecular flexibility index (Phi) is 8.66. The van der Waals surface area contributed by atoms with Crippen LogP contribution in [0.4, 0.5) is 0 Å². The van der Waals surface area contributed by atoms with Crippen LogP contribution in [0, 0.1) is 20.8 Å². The van der Waals surface area contributed by atoms with E-state index in [1.165, 1.54) is 4.31 Å². The normalized spacial score (nSPS) is 12.2. The molecule has 0 amide bonds. The van der Waals surface area contributed by atoms with Gasteiger partial charge in [-0.1, -0.05) is 90.8 Å². The Morgan fingerprint density at radius 1 is 0.718 bits per heavy atom. The first-order valence-electron chi connectivity index (χ1n) is 12.7. The Morgan fingerprint density at radius 2 is 1.36 bits per heavy atom. The van der Waals surface area contributed by atoms with Crippen molar-refractivity contribution in [3.05, 3.63) is 118 Å². The maximum absolute atomic E-state index is 14.1. The predicted octanol–water partition coefficient (Wildman–Crippen LogP) is 7.12. The zero-order valence-corrected chi connectivity index (χ0v) is 24.9. The quantitative estimate of drug-likeness (QED) is 0.211. The summed E-state index contributed by atoms with van der Waals surface area (Å²) in [5.41, 5.74) is 5.56. The fourth-order valence-electron chi connectivity index (χ4n) is 4.79. The molecule has 0 atom stereocenters. The minimum Gasteiger partial charge on any atom is -0.224 e. The van der Waals surface area contributed by atoms with Gasteiger partial charge in [-0.3, -0.25) is 0 Å². The van der Waals surface area contributed by atoms with E-state index >= 15 is 0 Å². The minimum atomic E-state index is -3.87. The molecule has 0 aromatic heterocycles. The zero-order valence-electron chi connectivity index (χ0n) is 22.5. The van der Waals surface area contributed by atoms with Crippen molar-refractivity contribution in [2.45, 2.75) is 50.6 Å². The molecule has 204 valence electrons. The van der Waals surface area contributed by atoms with Gasteiger partial charge in [0.25, 0.3) is 0 Å². The van der Waals surface area contributed by atoms with E-state index in [1.807, 2.05) is 81.4 Å². The lowest BCUT2D eigenvalue weighted by Crippen LogP contribution is -2.31. The van der Waals surface area contributed by atoms with E-state index in [-0.39, 0.29) is 23.7 Å². The molecule has 5 nitrogen and oxygen atoms in total. The van der Waals surface area contributed by atoms with Crippen molar-refractivity contribution in [2.75, 3.05) is 5.75 Å². The fourth-order valence-corrected chi connectivity index (χ4v) is 7.73. The number of rotatable bonds is 9. The topological polar surface area (TPSA) is 71.5 Å². The summed E-state index contributed by atoms with van der Waals surface area (Å²) in [5.74, 6) is 0.0328. The molecule has 0 N–H and O–H groups in total. The Bertz CT molecular complexity index is 1690. The molecule has 0 spiro atoms. The average molecular weight is 582 g/mol. The van der Waals surface area contributed by atoms with Crippen molar-refractivity contribution in [3.8, 4) is 11.1 Å². The van der Waals surface area contributed by atoms with E-state index in [2.05, 4.69) is 0 Å². The van der Waals surface area contributed by atoms with Crippen LogP contribution >= 0.6 is 11.6 Å². The number of hydrogen-bond acceptors (Lipinski definition) is 4. The predicted molar refractivity (Wildman–Crippen MR) is 158 cm³/mol. The molecule has 0 unspecified atom stereocenters. The Morgan fingerprint density at radius 3 is 1.97 bits per heavy atom. The molecule has 8 heteroatoms. The summed E-state index contributed by atoms with van der Waals surface area (Å²) in [5, 5.41) is 0.507. The van der Waals surface area contributed by atoms with Crippen molar-refractivity contribution in [3.63, 3.8) is 0 Å². The van der Waals surface area contributed by atoms with Gasteiger partial charge in [0.1, 0.15) is 0 Å². The first kappa shape index (κ1) is 29.0. The first-order chi connectivity index (χ1) is 18.4. The third-order valence-corrected chi connectivity index (χ3v) is 10.9. The van der Waals surface area contributed by atoms with Gasteiger partial charge in [0.2, 0.25) is 10.0 Å². The zero-order chi connectivity index (χ0) is 28.4. The summed E-state index contributed by atoms with van der Waals surface area (Å²) < 4.78 is 54.3. The number of benzene rings is 4. The van der Waals surface area contributed by atoms with Gasteiger partial charge in [0, 0.05) is 18.1 Å². The van der Waals surface area contributed by atoms with Crippen molar-refractivity contribution >= 4 is 31.5 Å². The van der Waals surface area contributed by atoms with E-state index in [4.69, 9.17) is 11.6 Å². The van der Waals surface area contributed by atoms with Gasteiger partial charge >= 0.3 is 0 Å². The largest absolute Gasteiger partial charge is 0.244 e. The van der Waals surface area contributed by atoms with Crippen molar-refractivity contribution in [1.82, 2.24) is 4.31 Å². The molecule has 0 aliphatic rings. The molecule has 4 aromatic rings. The molecule has 0 aliphatic heterocycles. The van der Waals surface area contributed by atoms with Gasteiger partial charge in [-0.15, -0.1) is 0 Å². The lowest BCUT2D eigenvalue weighted by Gasteiger charge is -2.25. The second kappa shape index (κ2) is 11.6. The standard InChI is InChI=1S/C31H32ClNO4S2/c1-5-38(34,35)29-11-8-10-27(19-29)26-15-13-25(14-16-26)20-33(21-28-9-6-7-12-30(28)32)39(36,37)31-23(3)17-22(2)18-24(31)4/h6-19H,5,20-21H2,1-4H3. The number of halogens is 1. The number of sulfonamides is 1. The van der Waals surface area contributed by atoms with Crippen LogP contribution in [0.3, 0.4) is 0 Å². The SMILES string of the molecule is CCS(=O)(=O)c1cccc(-c2ccc(CN(Cc3ccccc3Cl)S(=O)(=O)c3c(C)cc(C)cc3C)cc2)c1. The van der Waals surface area contributed by atoms with Gasteiger partial charge < -0.3 is 0 Å². The molecule has 0 heterocycles. The maximum atomic E-state index is 14.1. The summed E-state index contributed by atoms with van der Waals surface area (Å²) in [4.78, 5) is 0.596. The van der Waals surface area contributed by atoms with E-state index in [0.717, 1.165) is 27.8 Å². The third-order valence-electron chi connectivity index (χ3n) is 6.73. The maximum Gasteiger partial charge on any atom is 0.244 e. The van der Waals surface area contributed by atoms with Crippen LogP contribution in [0.5, 0.6) is 0 Å². The van der Waals surface area contributed by atoms with Crippen LogP contribution in [0.1, 0.15) is 34.7 Å².